The normalized spacial score (nSPS) is 19.4. The van der Waals surface area contributed by atoms with Gasteiger partial charge in [0.2, 0.25) is 11.8 Å². The molecule has 2 amide bonds. The van der Waals surface area contributed by atoms with E-state index in [0.29, 0.717) is 61.9 Å². The van der Waals surface area contributed by atoms with E-state index in [1.807, 2.05) is 24.3 Å². The molecule has 7 rings (SSSR count). The first-order valence-electron chi connectivity index (χ1n) is 18.6. The Hall–Kier alpha value is -4.64. The number of nitrogens with zero attached hydrogens (tertiary/aromatic N) is 6. The number of likely N-dealkylation sites (tertiary alicyclic amines) is 2. The minimum atomic E-state index is -5.18. The number of rotatable bonds is 7. The van der Waals surface area contributed by atoms with Gasteiger partial charge in [-0.2, -0.15) is 26.3 Å². The first-order valence-corrected chi connectivity index (χ1v) is 18.6. The van der Waals surface area contributed by atoms with Crippen LogP contribution in [0.3, 0.4) is 0 Å². The van der Waals surface area contributed by atoms with E-state index >= 15 is 0 Å². The number of fused-ring (bicyclic) bond motifs is 3. The highest BCUT2D eigenvalue weighted by Crippen LogP contribution is 2.42. The third-order valence-electron chi connectivity index (χ3n) is 11.6. The molecular weight excluding hydrogens is 730 g/mol. The van der Waals surface area contributed by atoms with Crippen molar-refractivity contribution in [2.75, 3.05) is 65.1 Å². The summed E-state index contributed by atoms with van der Waals surface area (Å²) in [5.74, 6) is -2.14. The van der Waals surface area contributed by atoms with Crippen LogP contribution in [0.2, 0.25) is 0 Å². The van der Waals surface area contributed by atoms with Crippen LogP contribution in [0.4, 0.5) is 32.0 Å². The Morgan fingerprint density at radius 3 is 2.05 bits per heavy atom. The third-order valence-corrected chi connectivity index (χ3v) is 11.6. The van der Waals surface area contributed by atoms with E-state index in [2.05, 4.69) is 26.8 Å². The number of imidazole rings is 1. The molecule has 17 heteroatoms. The predicted octanol–water partition coefficient (Wildman–Crippen LogP) is 5.15. The fourth-order valence-electron chi connectivity index (χ4n) is 8.53. The standard InChI is InChI=1S/C38H44F6N8O3/c1-48-14-16-49(17-15-48)25-6-12-51(13-7-25)35(54)24(18-23-19-28(37(39,40)41)33(45)29(20-23)38(42,43)44)21-32(53)50-10-8-26(9-11-50)52-31-22-46-30-5-3-2-4-27(30)34(31)47-36(52)55/h2-5,19-20,22,24-26H,6-18,21,45H2,1H3,(H,47,55). The molecule has 4 aromatic rings. The quantitative estimate of drug-likeness (QED) is 0.197. The Labute approximate surface area is 313 Å². The second kappa shape index (κ2) is 15.1. The van der Waals surface area contributed by atoms with Crippen molar-refractivity contribution in [3.8, 4) is 0 Å². The fraction of sp³-hybridized carbons (Fsp3) is 0.526. The predicted molar refractivity (Wildman–Crippen MR) is 194 cm³/mol. The molecule has 55 heavy (non-hydrogen) atoms. The van der Waals surface area contributed by atoms with Crippen LogP contribution in [0.5, 0.6) is 0 Å². The summed E-state index contributed by atoms with van der Waals surface area (Å²) in [7, 11) is 2.06. The van der Waals surface area contributed by atoms with Gasteiger partial charge in [-0.15, -0.1) is 0 Å². The zero-order chi connectivity index (χ0) is 39.2. The molecule has 0 bridgehead atoms. The monoisotopic (exact) mass is 774 g/mol. The lowest BCUT2D eigenvalue weighted by atomic mass is 9.90. The van der Waals surface area contributed by atoms with E-state index in [1.54, 1.807) is 20.6 Å². The van der Waals surface area contributed by atoms with Gasteiger partial charge in [-0.05, 0) is 62.9 Å². The SMILES string of the molecule is CN1CCN(C2CCN(C(=O)C(CC(=O)N3CCC(n4c(=O)[nH]c5c6ccccc6ncc54)CC3)Cc3cc(C(F)(F)F)c(N)c(C(F)(F)F)c3)CC2)CC1. The Morgan fingerprint density at radius 2 is 1.44 bits per heavy atom. The molecule has 2 aromatic carbocycles. The summed E-state index contributed by atoms with van der Waals surface area (Å²) in [6.07, 6.45) is -7.49. The summed E-state index contributed by atoms with van der Waals surface area (Å²) < 4.78 is 85.3. The number of carbonyl (C=O) groups is 2. The number of nitrogen functional groups attached to an aromatic ring is 1. The first-order chi connectivity index (χ1) is 26.1. The number of hydrogen-bond donors (Lipinski definition) is 2. The Kier molecular flexibility index (Phi) is 10.6. The van der Waals surface area contributed by atoms with Crippen LogP contribution in [0.25, 0.3) is 21.9 Å². The highest BCUT2D eigenvalue weighted by molar-refractivity contribution is 6.01. The number of likely N-dealkylation sites (N-methyl/N-ethyl adjacent to an activating group) is 1. The van der Waals surface area contributed by atoms with Crippen molar-refractivity contribution in [2.24, 2.45) is 5.92 Å². The zero-order valence-electron chi connectivity index (χ0n) is 30.4. The van der Waals surface area contributed by atoms with Crippen LogP contribution >= 0.6 is 0 Å². The van der Waals surface area contributed by atoms with E-state index in [-0.39, 0.29) is 36.4 Å². The second-order valence-corrected chi connectivity index (χ2v) is 15.0. The van der Waals surface area contributed by atoms with Gasteiger partial charge < -0.3 is 25.4 Å². The smallest absolute Gasteiger partial charge is 0.398 e. The van der Waals surface area contributed by atoms with E-state index < -0.39 is 59.7 Å². The minimum Gasteiger partial charge on any atom is -0.398 e. The van der Waals surface area contributed by atoms with Crippen molar-refractivity contribution in [3.05, 3.63) is 69.8 Å². The number of piperidine rings is 2. The summed E-state index contributed by atoms with van der Waals surface area (Å²) in [6, 6.07) is 8.53. The summed E-state index contributed by atoms with van der Waals surface area (Å²) in [4.78, 5) is 56.4. The van der Waals surface area contributed by atoms with Crippen molar-refractivity contribution >= 4 is 39.4 Å². The molecule has 2 aromatic heterocycles. The Balaban J connectivity index is 1.09. The summed E-state index contributed by atoms with van der Waals surface area (Å²) in [5.41, 5.74) is 2.02. The van der Waals surface area contributed by atoms with Crippen LogP contribution < -0.4 is 11.4 Å². The van der Waals surface area contributed by atoms with Gasteiger partial charge in [0.05, 0.1) is 45.5 Å². The van der Waals surface area contributed by atoms with Gasteiger partial charge in [0.25, 0.3) is 0 Å². The van der Waals surface area contributed by atoms with Gasteiger partial charge in [-0.3, -0.25) is 24.0 Å². The van der Waals surface area contributed by atoms with E-state index in [0.717, 1.165) is 37.1 Å². The van der Waals surface area contributed by atoms with Crippen molar-refractivity contribution in [1.29, 1.82) is 0 Å². The molecule has 5 heterocycles. The number of H-pyrrole nitrogens is 1. The zero-order valence-corrected chi connectivity index (χ0v) is 30.4. The number of nitrogens with one attached hydrogen (secondary N) is 1. The maximum Gasteiger partial charge on any atom is 0.418 e. The molecule has 3 aliphatic heterocycles. The Morgan fingerprint density at radius 1 is 0.855 bits per heavy atom. The second-order valence-electron chi connectivity index (χ2n) is 15.0. The van der Waals surface area contributed by atoms with Gasteiger partial charge in [-0.25, -0.2) is 4.79 Å². The van der Waals surface area contributed by atoms with Gasteiger partial charge in [0, 0.05) is 76.2 Å². The number of alkyl halides is 6. The maximum atomic E-state index is 14.2. The van der Waals surface area contributed by atoms with Gasteiger partial charge in [0.15, 0.2) is 0 Å². The van der Waals surface area contributed by atoms with Crippen molar-refractivity contribution in [1.82, 2.24) is 34.1 Å². The highest BCUT2D eigenvalue weighted by atomic mass is 19.4. The molecule has 0 spiro atoms. The van der Waals surface area contributed by atoms with Gasteiger partial charge in [-0.1, -0.05) is 18.2 Å². The highest BCUT2D eigenvalue weighted by Gasteiger charge is 2.42. The number of halogens is 6. The molecule has 1 unspecified atom stereocenters. The molecule has 3 aliphatic rings. The van der Waals surface area contributed by atoms with Gasteiger partial charge in [0.1, 0.15) is 0 Å². The molecule has 296 valence electrons. The number of amides is 2. The van der Waals surface area contributed by atoms with Crippen LogP contribution in [0, 0.1) is 5.92 Å². The lowest BCUT2D eigenvalue weighted by Crippen LogP contribution is -2.53. The largest absolute Gasteiger partial charge is 0.418 e. The average Bonchev–Trinajstić information content (AvgIpc) is 3.50. The van der Waals surface area contributed by atoms with Crippen molar-refractivity contribution in [2.45, 2.75) is 63.0 Å². The van der Waals surface area contributed by atoms with Crippen LogP contribution in [0.15, 0.2) is 47.4 Å². The number of aromatic nitrogens is 3. The molecule has 0 aliphatic carbocycles. The number of anilines is 1. The summed E-state index contributed by atoms with van der Waals surface area (Å²) >= 11 is 0. The maximum absolute atomic E-state index is 14.2. The minimum absolute atomic E-state index is 0.235. The molecule has 0 radical (unpaired) electrons. The van der Waals surface area contributed by atoms with Crippen LogP contribution in [-0.2, 0) is 28.4 Å². The van der Waals surface area contributed by atoms with Gasteiger partial charge >= 0.3 is 18.0 Å². The first kappa shape index (κ1) is 38.6. The number of hydrogen-bond acceptors (Lipinski definition) is 7. The van der Waals surface area contributed by atoms with E-state index in [9.17, 15) is 40.7 Å². The Bertz CT molecular complexity index is 2070. The lowest BCUT2D eigenvalue weighted by Gasteiger charge is -2.42. The molecular formula is C38H44F6N8O3. The molecule has 1 atom stereocenters. The lowest BCUT2D eigenvalue weighted by molar-refractivity contribution is -0.143. The van der Waals surface area contributed by atoms with Crippen LogP contribution in [0.1, 0.15) is 54.8 Å². The number of benzene rings is 2. The number of aromatic amines is 1. The summed E-state index contributed by atoms with van der Waals surface area (Å²) in [5, 5.41) is 0.800. The number of carbonyl (C=O) groups excluding carboxylic acids is 2. The average molecular weight is 775 g/mol. The molecule has 3 fully saturated rings. The third kappa shape index (κ3) is 8.04. The fourth-order valence-corrected chi connectivity index (χ4v) is 8.53. The molecule has 3 saturated heterocycles. The van der Waals surface area contributed by atoms with Crippen molar-refractivity contribution < 1.29 is 35.9 Å². The molecule has 0 saturated carbocycles. The molecule has 3 N–H and O–H groups in total. The van der Waals surface area contributed by atoms with Crippen LogP contribution in [-0.4, -0.2) is 111 Å². The van der Waals surface area contributed by atoms with E-state index in [1.165, 1.54) is 0 Å². The summed E-state index contributed by atoms with van der Waals surface area (Å²) in [6.45, 7) is 4.83. The van der Waals surface area contributed by atoms with Crippen molar-refractivity contribution in [3.63, 3.8) is 0 Å². The molecule has 11 nitrogen and oxygen atoms in total. The topological polar surface area (TPSA) is 124 Å². The number of piperazine rings is 1. The van der Waals surface area contributed by atoms with E-state index in [4.69, 9.17) is 5.73 Å². The number of pyridine rings is 1. The number of nitrogens with two attached hydrogens (primary N) is 1. The number of para-hydroxylation sites is 1.